The zero-order chi connectivity index (χ0) is 29.1. The number of carbonyl (C=O) groups excluding carboxylic acids is 2. The van der Waals surface area contributed by atoms with E-state index < -0.39 is 5.54 Å². The maximum absolute atomic E-state index is 13.8. The lowest BCUT2D eigenvalue weighted by atomic mass is 10.0. The molecule has 3 rings (SSSR count). The van der Waals surface area contributed by atoms with Crippen molar-refractivity contribution in [2.75, 3.05) is 33.9 Å². The van der Waals surface area contributed by atoms with Crippen LogP contribution in [0.4, 0.5) is 0 Å². The van der Waals surface area contributed by atoms with E-state index in [9.17, 15) is 9.59 Å². The van der Waals surface area contributed by atoms with Gasteiger partial charge in [0.1, 0.15) is 12.3 Å². The molecule has 0 unspecified atom stereocenters. The molecule has 0 aliphatic rings. The fourth-order valence-electron chi connectivity index (χ4n) is 4.66. The van der Waals surface area contributed by atoms with Crippen LogP contribution < -0.4 is 4.74 Å². The van der Waals surface area contributed by atoms with Crippen molar-refractivity contribution in [1.29, 1.82) is 0 Å². The average molecular weight is 548 g/mol. The highest BCUT2D eigenvalue weighted by Crippen LogP contribution is 2.21. The van der Waals surface area contributed by atoms with Gasteiger partial charge in [-0.25, -0.2) is 0 Å². The Balaban J connectivity index is 1.78. The molecule has 0 aliphatic carbocycles. The molecule has 2 aromatic carbocycles. The first-order valence-electron chi connectivity index (χ1n) is 14.1. The quantitative estimate of drug-likeness (QED) is 0.256. The van der Waals surface area contributed by atoms with Gasteiger partial charge in [0.05, 0.1) is 20.3 Å². The molecule has 0 fully saturated rings. The molecule has 0 aliphatic heterocycles. The molecular formula is C33H45N3O4. The molecule has 40 heavy (non-hydrogen) atoms. The molecule has 0 spiro atoms. The highest BCUT2D eigenvalue weighted by atomic mass is 16.5. The highest BCUT2D eigenvalue weighted by molar-refractivity contribution is 5.96. The summed E-state index contributed by atoms with van der Waals surface area (Å²) in [5.41, 5.74) is 3.48. The number of hydrogen-bond donors (Lipinski definition) is 0. The number of rotatable bonds is 14. The minimum Gasteiger partial charge on any atom is -0.497 e. The molecule has 3 aromatic rings. The number of benzene rings is 2. The van der Waals surface area contributed by atoms with Crippen LogP contribution in [0, 0.1) is 0 Å². The van der Waals surface area contributed by atoms with E-state index in [4.69, 9.17) is 9.47 Å². The Hall–Kier alpha value is -3.58. The maximum atomic E-state index is 13.8. The topological polar surface area (TPSA) is 64.0 Å². The van der Waals surface area contributed by atoms with Crippen LogP contribution in [0.25, 0.3) is 0 Å². The number of unbranched alkanes of at least 4 members (excludes halogenated alkanes) is 1. The van der Waals surface area contributed by atoms with Gasteiger partial charge in [0.25, 0.3) is 5.91 Å². The molecule has 2 amide bonds. The Morgan fingerprint density at radius 2 is 1.70 bits per heavy atom. The van der Waals surface area contributed by atoms with Crippen molar-refractivity contribution in [2.45, 2.75) is 65.6 Å². The van der Waals surface area contributed by atoms with Gasteiger partial charge in [0.15, 0.2) is 0 Å². The van der Waals surface area contributed by atoms with E-state index in [1.165, 1.54) is 5.56 Å². The van der Waals surface area contributed by atoms with Gasteiger partial charge in [-0.3, -0.25) is 9.59 Å². The van der Waals surface area contributed by atoms with Gasteiger partial charge in [0.2, 0.25) is 5.91 Å². The minimum absolute atomic E-state index is 0.0202. The van der Waals surface area contributed by atoms with E-state index >= 15 is 0 Å². The lowest BCUT2D eigenvalue weighted by Gasteiger charge is -2.37. The number of aryl methyl sites for hydroxylation is 1. The lowest BCUT2D eigenvalue weighted by Crippen LogP contribution is -2.50. The summed E-state index contributed by atoms with van der Waals surface area (Å²) in [6.07, 6.45) is 5.27. The molecule has 216 valence electrons. The van der Waals surface area contributed by atoms with E-state index in [2.05, 4.69) is 17.6 Å². The van der Waals surface area contributed by atoms with Crippen LogP contribution in [-0.2, 0) is 29.0 Å². The summed E-state index contributed by atoms with van der Waals surface area (Å²) >= 11 is 0. The number of amides is 2. The molecule has 0 radical (unpaired) electrons. The monoisotopic (exact) mass is 547 g/mol. The number of aromatic nitrogens is 1. The normalized spacial score (nSPS) is 11.3. The SMILES string of the molecule is CCCCc1ccc(C(=O)N(CCOC)CC(=O)N(Cc2cccn2Cc2cccc(OC)c2)C(C)(C)C)cc1. The maximum Gasteiger partial charge on any atom is 0.254 e. The Morgan fingerprint density at radius 3 is 2.35 bits per heavy atom. The van der Waals surface area contributed by atoms with Crippen LogP contribution in [0.3, 0.4) is 0 Å². The van der Waals surface area contributed by atoms with E-state index in [-0.39, 0.29) is 18.4 Å². The van der Waals surface area contributed by atoms with Gasteiger partial charge in [0, 0.05) is 43.2 Å². The summed E-state index contributed by atoms with van der Waals surface area (Å²) in [5, 5.41) is 0. The smallest absolute Gasteiger partial charge is 0.254 e. The van der Waals surface area contributed by atoms with Gasteiger partial charge >= 0.3 is 0 Å². The van der Waals surface area contributed by atoms with Crippen LogP contribution in [0.5, 0.6) is 5.75 Å². The van der Waals surface area contributed by atoms with Crippen molar-refractivity contribution in [3.05, 3.63) is 89.2 Å². The summed E-state index contributed by atoms with van der Waals surface area (Å²) < 4.78 is 12.8. The predicted molar refractivity (Wildman–Crippen MR) is 160 cm³/mol. The second kappa shape index (κ2) is 14.7. The van der Waals surface area contributed by atoms with Crippen LogP contribution in [0.15, 0.2) is 66.9 Å². The van der Waals surface area contributed by atoms with E-state index in [1.54, 1.807) is 19.1 Å². The van der Waals surface area contributed by atoms with Gasteiger partial charge in [-0.15, -0.1) is 0 Å². The number of methoxy groups -OCH3 is 2. The summed E-state index contributed by atoms with van der Waals surface area (Å²) in [7, 11) is 3.27. The van der Waals surface area contributed by atoms with Crippen molar-refractivity contribution in [3.8, 4) is 5.75 Å². The van der Waals surface area contributed by atoms with Crippen LogP contribution >= 0.6 is 0 Å². The molecule has 7 nitrogen and oxygen atoms in total. The number of nitrogens with zero attached hydrogens (tertiary/aromatic N) is 3. The fraction of sp³-hybridized carbons (Fsp3) is 0.455. The molecule has 0 N–H and O–H groups in total. The number of carbonyl (C=O) groups is 2. The van der Waals surface area contributed by atoms with Crippen molar-refractivity contribution in [3.63, 3.8) is 0 Å². The van der Waals surface area contributed by atoms with E-state index in [0.29, 0.717) is 31.8 Å². The van der Waals surface area contributed by atoms with Crippen molar-refractivity contribution >= 4 is 11.8 Å². The second-order valence-electron chi connectivity index (χ2n) is 11.1. The third kappa shape index (κ3) is 8.71. The Bertz CT molecular complexity index is 1230. The Morgan fingerprint density at radius 1 is 0.950 bits per heavy atom. The first-order valence-corrected chi connectivity index (χ1v) is 14.1. The number of ether oxygens (including phenoxy) is 2. The third-order valence-electron chi connectivity index (χ3n) is 7.04. The van der Waals surface area contributed by atoms with Gasteiger partial charge < -0.3 is 23.8 Å². The third-order valence-corrected chi connectivity index (χ3v) is 7.04. The molecule has 7 heteroatoms. The minimum atomic E-state index is -0.445. The van der Waals surface area contributed by atoms with Crippen molar-refractivity contribution < 1.29 is 19.1 Å². The zero-order valence-electron chi connectivity index (χ0n) is 25.0. The van der Waals surface area contributed by atoms with Crippen LogP contribution in [0.2, 0.25) is 0 Å². The Kier molecular flexibility index (Phi) is 11.4. The van der Waals surface area contributed by atoms with Gasteiger partial charge in [-0.2, -0.15) is 0 Å². The van der Waals surface area contributed by atoms with Crippen LogP contribution in [-0.4, -0.2) is 65.6 Å². The molecular weight excluding hydrogens is 502 g/mol. The van der Waals surface area contributed by atoms with Crippen molar-refractivity contribution in [2.24, 2.45) is 0 Å². The summed E-state index contributed by atoms with van der Waals surface area (Å²) in [6.45, 7) is 10.0. The van der Waals surface area contributed by atoms with E-state index in [1.807, 2.05) is 86.5 Å². The summed E-state index contributed by atoms with van der Waals surface area (Å²) in [4.78, 5) is 30.8. The Labute approximate surface area is 239 Å². The molecule has 0 atom stereocenters. The molecule has 1 heterocycles. The largest absolute Gasteiger partial charge is 0.497 e. The number of hydrogen-bond acceptors (Lipinski definition) is 4. The molecule has 0 saturated heterocycles. The molecule has 1 aromatic heterocycles. The highest BCUT2D eigenvalue weighted by Gasteiger charge is 2.30. The standard InChI is InChI=1S/C33H45N3O4/c1-7-8-11-26-15-17-28(18-16-26)32(38)35(20-21-39-5)25-31(37)36(33(2,3)4)24-29-13-10-19-34(29)23-27-12-9-14-30(22-27)40-6/h9-10,12-19,22H,7-8,11,20-21,23-25H2,1-6H3. The van der Waals surface area contributed by atoms with E-state index in [0.717, 1.165) is 36.3 Å². The fourth-order valence-corrected chi connectivity index (χ4v) is 4.66. The van der Waals surface area contributed by atoms with Crippen molar-refractivity contribution in [1.82, 2.24) is 14.4 Å². The molecule has 0 saturated carbocycles. The molecule has 0 bridgehead atoms. The lowest BCUT2D eigenvalue weighted by molar-refractivity contribution is -0.137. The second-order valence-corrected chi connectivity index (χ2v) is 11.1. The average Bonchev–Trinajstić information content (AvgIpc) is 3.38. The summed E-state index contributed by atoms with van der Waals surface area (Å²) in [5.74, 6) is 0.544. The first-order chi connectivity index (χ1) is 19.2. The van der Waals surface area contributed by atoms with Crippen LogP contribution in [0.1, 0.15) is 67.7 Å². The predicted octanol–water partition coefficient (Wildman–Crippen LogP) is 5.80. The zero-order valence-corrected chi connectivity index (χ0v) is 25.0. The summed E-state index contributed by atoms with van der Waals surface area (Å²) in [6, 6.07) is 19.8. The van der Waals surface area contributed by atoms with Gasteiger partial charge in [-0.05, 0) is 81.1 Å². The first kappa shape index (κ1) is 31.0. The van der Waals surface area contributed by atoms with Gasteiger partial charge in [-0.1, -0.05) is 37.6 Å².